The summed E-state index contributed by atoms with van der Waals surface area (Å²) in [5.74, 6) is 0.264. The predicted molar refractivity (Wildman–Crippen MR) is 79.1 cm³/mol. The molecule has 0 atom stereocenters. The molecule has 3 nitrogen and oxygen atoms in total. The van der Waals surface area contributed by atoms with Gasteiger partial charge >= 0.3 is 0 Å². The molecule has 1 aromatic rings. The van der Waals surface area contributed by atoms with Crippen molar-refractivity contribution in [1.29, 1.82) is 0 Å². The summed E-state index contributed by atoms with van der Waals surface area (Å²) in [6, 6.07) is 9.64. The second-order valence-electron chi connectivity index (χ2n) is 4.34. The van der Waals surface area contributed by atoms with Crippen LogP contribution in [0.2, 0.25) is 0 Å². The van der Waals surface area contributed by atoms with Gasteiger partial charge in [-0.05, 0) is 29.8 Å². The van der Waals surface area contributed by atoms with Gasteiger partial charge in [-0.1, -0.05) is 44.2 Å². The molecule has 0 bridgehead atoms. The van der Waals surface area contributed by atoms with Gasteiger partial charge in [0, 0.05) is 12.6 Å². The molecule has 18 heavy (non-hydrogen) atoms. The van der Waals surface area contributed by atoms with Crippen molar-refractivity contribution in [2.75, 3.05) is 6.54 Å². The van der Waals surface area contributed by atoms with Gasteiger partial charge in [0.15, 0.2) is 5.11 Å². The summed E-state index contributed by atoms with van der Waals surface area (Å²) in [5, 5.41) is 5.94. The number of nitrogens with one attached hydrogen (secondary N) is 2. The average molecular weight is 262 g/mol. The van der Waals surface area contributed by atoms with Gasteiger partial charge in [0.25, 0.3) is 0 Å². The monoisotopic (exact) mass is 262 g/mol. The number of carbonyl (C=O) groups excluding carboxylic acids is 1. The molecular weight excluding hydrogens is 244 g/mol. The summed E-state index contributed by atoms with van der Waals surface area (Å²) < 4.78 is 0. The molecule has 1 rings (SSSR count). The predicted octanol–water partition coefficient (Wildman–Crippen LogP) is 2.35. The van der Waals surface area contributed by atoms with E-state index in [4.69, 9.17) is 12.2 Å². The van der Waals surface area contributed by atoms with Gasteiger partial charge in [0.2, 0.25) is 5.91 Å². The molecular formula is C14H18N2OS. The normalized spacial score (nSPS) is 10.6. The van der Waals surface area contributed by atoms with Crippen LogP contribution in [0.3, 0.4) is 0 Å². The van der Waals surface area contributed by atoms with Gasteiger partial charge < -0.3 is 5.32 Å². The second-order valence-corrected chi connectivity index (χ2v) is 4.75. The lowest BCUT2D eigenvalue weighted by molar-refractivity contribution is -0.115. The molecule has 96 valence electrons. The lowest BCUT2D eigenvalue weighted by Crippen LogP contribution is -2.39. The first-order chi connectivity index (χ1) is 8.58. The topological polar surface area (TPSA) is 41.1 Å². The first-order valence-corrected chi connectivity index (χ1v) is 6.30. The number of benzene rings is 1. The molecule has 4 heteroatoms. The summed E-state index contributed by atoms with van der Waals surface area (Å²) in [7, 11) is 0. The Balaban J connectivity index is 2.38. The van der Waals surface area contributed by atoms with Crippen LogP contribution in [-0.2, 0) is 4.79 Å². The SMILES string of the molecule is CC(C)CNC(=S)NC(=O)/C=C/c1ccccc1. The number of hydrogen-bond donors (Lipinski definition) is 2. The van der Waals surface area contributed by atoms with Gasteiger partial charge in [-0.3, -0.25) is 10.1 Å². The fraction of sp³-hybridized carbons (Fsp3) is 0.286. The van der Waals surface area contributed by atoms with Crippen molar-refractivity contribution in [3.05, 3.63) is 42.0 Å². The summed E-state index contributed by atoms with van der Waals surface area (Å²) in [6.07, 6.45) is 3.22. The van der Waals surface area contributed by atoms with Crippen LogP contribution in [0.4, 0.5) is 0 Å². The van der Waals surface area contributed by atoms with Crippen molar-refractivity contribution in [2.45, 2.75) is 13.8 Å². The molecule has 0 fully saturated rings. The minimum Gasteiger partial charge on any atom is -0.362 e. The summed E-state index contributed by atoms with van der Waals surface area (Å²) in [5.41, 5.74) is 0.980. The minimum absolute atomic E-state index is 0.222. The lowest BCUT2D eigenvalue weighted by Gasteiger charge is -2.09. The molecule has 1 amide bonds. The Hall–Kier alpha value is -1.68. The Bertz CT molecular complexity index is 427. The van der Waals surface area contributed by atoms with Crippen LogP contribution in [0.1, 0.15) is 19.4 Å². The Kier molecular flexibility index (Phi) is 6.08. The lowest BCUT2D eigenvalue weighted by atomic mass is 10.2. The fourth-order valence-corrected chi connectivity index (χ4v) is 1.41. The molecule has 0 aliphatic carbocycles. The zero-order chi connectivity index (χ0) is 13.4. The van der Waals surface area contributed by atoms with Crippen LogP contribution >= 0.6 is 12.2 Å². The summed E-state index contributed by atoms with van der Waals surface area (Å²) in [4.78, 5) is 11.5. The molecule has 0 aliphatic rings. The van der Waals surface area contributed by atoms with E-state index in [1.54, 1.807) is 6.08 Å². The molecule has 0 aliphatic heterocycles. The van der Waals surface area contributed by atoms with Crippen LogP contribution in [0.15, 0.2) is 36.4 Å². The molecule has 0 unspecified atom stereocenters. The van der Waals surface area contributed by atoms with Crippen molar-refractivity contribution in [1.82, 2.24) is 10.6 Å². The zero-order valence-corrected chi connectivity index (χ0v) is 11.5. The maximum atomic E-state index is 11.5. The van der Waals surface area contributed by atoms with E-state index in [9.17, 15) is 4.79 Å². The first-order valence-electron chi connectivity index (χ1n) is 5.90. The van der Waals surface area contributed by atoms with Crippen molar-refractivity contribution < 1.29 is 4.79 Å². The van der Waals surface area contributed by atoms with E-state index in [1.807, 2.05) is 30.3 Å². The van der Waals surface area contributed by atoms with Crippen LogP contribution in [0.5, 0.6) is 0 Å². The van der Waals surface area contributed by atoms with Gasteiger partial charge in [-0.15, -0.1) is 0 Å². The number of carbonyl (C=O) groups is 1. The quantitative estimate of drug-likeness (QED) is 0.646. The maximum absolute atomic E-state index is 11.5. The van der Waals surface area contributed by atoms with Crippen molar-refractivity contribution in [2.24, 2.45) is 5.92 Å². The molecule has 0 saturated heterocycles. The van der Waals surface area contributed by atoms with Crippen LogP contribution in [0, 0.1) is 5.92 Å². The Morgan fingerprint density at radius 3 is 2.61 bits per heavy atom. The van der Waals surface area contributed by atoms with Gasteiger partial charge in [-0.25, -0.2) is 0 Å². The Labute approximate surface area is 113 Å². The highest BCUT2D eigenvalue weighted by atomic mass is 32.1. The van der Waals surface area contributed by atoms with Crippen LogP contribution in [-0.4, -0.2) is 17.6 Å². The molecule has 0 radical (unpaired) electrons. The molecule has 0 saturated carbocycles. The molecule has 1 aromatic carbocycles. The van der Waals surface area contributed by atoms with Gasteiger partial charge in [0.05, 0.1) is 0 Å². The third-order valence-electron chi connectivity index (χ3n) is 2.13. The Morgan fingerprint density at radius 2 is 2.00 bits per heavy atom. The number of hydrogen-bond acceptors (Lipinski definition) is 2. The van der Waals surface area contributed by atoms with Crippen molar-refractivity contribution >= 4 is 29.3 Å². The van der Waals surface area contributed by atoms with E-state index in [0.29, 0.717) is 11.0 Å². The fourth-order valence-electron chi connectivity index (χ4n) is 1.23. The van der Waals surface area contributed by atoms with Crippen molar-refractivity contribution in [3.8, 4) is 0 Å². The highest BCUT2D eigenvalue weighted by Gasteiger charge is 2.01. The number of amides is 1. The second kappa shape index (κ2) is 7.61. The standard InChI is InChI=1S/C14H18N2OS/c1-11(2)10-15-14(18)16-13(17)9-8-12-6-4-3-5-7-12/h3-9,11H,10H2,1-2H3,(H2,15,16,17,18)/b9-8+. The molecule has 2 N–H and O–H groups in total. The summed E-state index contributed by atoms with van der Waals surface area (Å²) >= 11 is 5.00. The molecule has 0 spiro atoms. The molecule has 0 aromatic heterocycles. The van der Waals surface area contributed by atoms with E-state index < -0.39 is 0 Å². The van der Waals surface area contributed by atoms with E-state index in [-0.39, 0.29) is 5.91 Å². The summed E-state index contributed by atoms with van der Waals surface area (Å²) in [6.45, 7) is 4.90. The third kappa shape index (κ3) is 6.15. The van der Waals surface area contributed by atoms with Crippen LogP contribution < -0.4 is 10.6 Å². The van der Waals surface area contributed by atoms with Crippen molar-refractivity contribution in [3.63, 3.8) is 0 Å². The third-order valence-corrected chi connectivity index (χ3v) is 2.38. The minimum atomic E-state index is -0.222. The van der Waals surface area contributed by atoms with E-state index in [2.05, 4.69) is 24.5 Å². The van der Waals surface area contributed by atoms with E-state index in [0.717, 1.165) is 12.1 Å². The molecule has 0 heterocycles. The number of thiocarbonyl (C=S) groups is 1. The smallest absolute Gasteiger partial charge is 0.250 e. The first kappa shape index (κ1) is 14.4. The maximum Gasteiger partial charge on any atom is 0.250 e. The largest absolute Gasteiger partial charge is 0.362 e. The van der Waals surface area contributed by atoms with Gasteiger partial charge in [0.1, 0.15) is 0 Å². The number of rotatable bonds is 4. The zero-order valence-electron chi connectivity index (χ0n) is 10.6. The highest BCUT2D eigenvalue weighted by Crippen LogP contribution is 2.00. The van der Waals surface area contributed by atoms with E-state index in [1.165, 1.54) is 6.08 Å². The van der Waals surface area contributed by atoms with E-state index >= 15 is 0 Å². The van der Waals surface area contributed by atoms with Crippen LogP contribution in [0.25, 0.3) is 6.08 Å². The average Bonchev–Trinajstić information content (AvgIpc) is 2.35. The highest BCUT2D eigenvalue weighted by molar-refractivity contribution is 7.80. The Morgan fingerprint density at radius 1 is 1.33 bits per heavy atom. The van der Waals surface area contributed by atoms with Gasteiger partial charge in [-0.2, -0.15) is 0 Å².